The smallest absolute Gasteiger partial charge is 0.152 e. The number of likely N-dealkylation sites (tertiary alicyclic amines) is 5. The Bertz CT molecular complexity index is 1600. The van der Waals surface area contributed by atoms with Crippen LogP contribution in [0.3, 0.4) is 0 Å². The zero-order valence-electron chi connectivity index (χ0n) is 62.0. The van der Waals surface area contributed by atoms with Crippen LogP contribution in [0.25, 0.3) is 0 Å². The average Bonchev–Trinajstić information content (AvgIpc) is 4.43. The molecule has 10 aliphatic rings. The average molecular weight is 1290 g/mol. The van der Waals surface area contributed by atoms with Crippen molar-refractivity contribution in [1.82, 2.24) is 54.3 Å². The Labute approximate surface area is 552 Å². The van der Waals surface area contributed by atoms with Gasteiger partial charge in [0.15, 0.2) is 9.84 Å². The van der Waals surface area contributed by atoms with Gasteiger partial charge < -0.3 is 34.6 Å². The van der Waals surface area contributed by atoms with Gasteiger partial charge in [-0.2, -0.15) is 11.8 Å². The second kappa shape index (κ2) is 50.9. The normalized spacial score (nSPS) is 23.2. The number of carbonyl (C=O) groups excluding carboxylic acids is 1. The van der Waals surface area contributed by atoms with Crippen molar-refractivity contribution in [3.05, 3.63) is 0 Å². The summed E-state index contributed by atoms with van der Waals surface area (Å²) in [6.07, 6.45) is 15.8. The Hall–Kier alpha value is -0.510. The molecule has 88 heavy (non-hydrogen) atoms. The molecule has 0 amide bonds. The van der Waals surface area contributed by atoms with Crippen LogP contribution in [-0.4, -0.2) is 304 Å². The van der Waals surface area contributed by atoms with Crippen LogP contribution in [0, 0.1) is 0 Å². The van der Waals surface area contributed by atoms with Gasteiger partial charge in [-0.1, -0.05) is 19.3 Å². The summed E-state index contributed by atoms with van der Waals surface area (Å²) in [5.74, 6) is 3.77. The highest BCUT2D eigenvalue weighted by Gasteiger charge is 2.24. The monoisotopic (exact) mass is 1290 g/mol. The predicted octanol–water partition coefficient (Wildman–Crippen LogP) is 11.1. The van der Waals surface area contributed by atoms with Crippen molar-refractivity contribution in [3.8, 4) is 0 Å². The number of ketones is 1. The van der Waals surface area contributed by atoms with E-state index in [9.17, 15) is 13.2 Å². The van der Waals surface area contributed by atoms with Gasteiger partial charge in [0.2, 0.25) is 0 Å². The number of piperidine rings is 2. The minimum absolute atomic E-state index is 0.338. The van der Waals surface area contributed by atoms with Crippen molar-refractivity contribution in [2.24, 2.45) is 0 Å². The van der Waals surface area contributed by atoms with Gasteiger partial charge in [-0.3, -0.25) is 29.3 Å². The minimum atomic E-state index is -2.69. The molecule has 10 fully saturated rings. The predicted molar refractivity (Wildman–Crippen MR) is 387 cm³/mol. The van der Waals surface area contributed by atoms with E-state index in [1.165, 1.54) is 167 Å². The van der Waals surface area contributed by atoms with Crippen molar-refractivity contribution in [3.63, 3.8) is 0 Å². The number of sulfone groups is 1. The maximum absolute atomic E-state index is 11.0. The summed E-state index contributed by atoms with van der Waals surface area (Å²) >= 11 is 2.07. The summed E-state index contributed by atoms with van der Waals surface area (Å²) in [6.45, 7) is 72.8. The molecule has 0 radical (unpaired) electrons. The number of thioether (sulfide) groups is 1. The number of rotatable bonds is 10. The molecule has 526 valence electrons. The van der Waals surface area contributed by atoms with Crippen LogP contribution in [-0.2, 0) is 19.4 Å². The summed E-state index contributed by atoms with van der Waals surface area (Å²) in [5, 5.41) is 3.33. The second-order valence-electron chi connectivity index (χ2n) is 29.0. The fraction of sp³-hybridized carbons (Fsp3) is 0.986. The quantitative estimate of drug-likeness (QED) is 0.210. The molecule has 0 aromatic rings. The third kappa shape index (κ3) is 43.5. The van der Waals surface area contributed by atoms with Gasteiger partial charge in [-0.05, 0) is 236 Å². The molecule has 0 aromatic heterocycles. The lowest BCUT2D eigenvalue weighted by molar-refractivity contribution is -0.121. The van der Waals surface area contributed by atoms with E-state index in [0.29, 0.717) is 48.5 Å². The maximum Gasteiger partial charge on any atom is 0.152 e. The van der Waals surface area contributed by atoms with E-state index in [-0.39, 0.29) is 0 Å². The highest BCUT2D eigenvalue weighted by Crippen LogP contribution is 2.15. The SMILES string of the molecule is CC(C)N1CC1.CC(C)N1CCC(=O)CC1.CC(C)N1CCC1.CC(C)N1CCCC1.CC(C)N1CCCCC1.CC(C)N1CCCCCC1.CC(C)N1CCNCC1.CC(C)N1CCOCC1.CC(C)N1CCS(=O)(=O)CC1.CC(C)N1CCSCC1. The van der Waals surface area contributed by atoms with E-state index in [1.54, 1.807) is 0 Å². The minimum Gasteiger partial charge on any atom is -0.379 e. The zero-order valence-corrected chi connectivity index (χ0v) is 63.6. The van der Waals surface area contributed by atoms with Crippen LogP contribution in [0.4, 0.5) is 0 Å². The molecule has 10 rings (SSSR count). The van der Waals surface area contributed by atoms with Crippen molar-refractivity contribution in [2.45, 2.75) is 276 Å². The summed E-state index contributed by atoms with van der Waals surface area (Å²) in [7, 11) is -2.69. The molecule has 0 saturated carbocycles. The number of hydrogen-bond donors (Lipinski definition) is 1. The Balaban J connectivity index is 0.000000490. The third-order valence-corrected chi connectivity index (χ3v) is 21.4. The fourth-order valence-electron chi connectivity index (χ4n) is 11.7. The topological polar surface area (TPSA) is 105 Å². The first-order valence-electron chi connectivity index (χ1n) is 36.6. The van der Waals surface area contributed by atoms with E-state index in [4.69, 9.17) is 4.74 Å². The summed E-state index contributed by atoms with van der Waals surface area (Å²) < 4.78 is 27.2. The number of ether oxygens (including phenoxy) is 1. The third-order valence-electron chi connectivity index (χ3n) is 18.8. The maximum atomic E-state index is 11.0. The molecule has 0 atom stereocenters. The van der Waals surface area contributed by atoms with E-state index in [0.717, 1.165) is 108 Å². The van der Waals surface area contributed by atoms with Crippen molar-refractivity contribution < 1.29 is 17.9 Å². The molecular formula is C71H151N11O4S2. The van der Waals surface area contributed by atoms with Crippen molar-refractivity contribution in [1.29, 1.82) is 0 Å². The van der Waals surface area contributed by atoms with Crippen molar-refractivity contribution >= 4 is 27.4 Å². The van der Waals surface area contributed by atoms with Crippen LogP contribution in [0.15, 0.2) is 0 Å². The highest BCUT2D eigenvalue weighted by atomic mass is 32.2. The van der Waals surface area contributed by atoms with E-state index < -0.39 is 9.84 Å². The first kappa shape index (κ1) is 85.5. The highest BCUT2D eigenvalue weighted by molar-refractivity contribution is 7.99. The first-order valence-corrected chi connectivity index (χ1v) is 39.6. The Morgan fingerprint density at radius 2 is 0.557 bits per heavy atom. The van der Waals surface area contributed by atoms with Gasteiger partial charge in [-0.15, -0.1) is 0 Å². The molecule has 10 aliphatic heterocycles. The van der Waals surface area contributed by atoms with Crippen molar-refractivity contribution in [2.75, 3.05) is 180 Å². The first-order chi connectivity index (χ1) is 41.6. The van der Waals surface area contributed by atoms with Crippen LogP contribution in [0.5, 0.6) is 0 Å². The molecule has 0 aliphatic carbocycles. The number of morpholine rings is 1. The molecule has 0 spiro atoms. The lowest BCUT2D eigenvalue weighted by atomic mass is 10.1. The number of Topliss-reactive ketones (excluding diaryl/α,β-unsaturated/α-hetero) is 1. The summed E-state index contributed by atoms with van der Waals surface area (Å²) in [5.41, 5.74) is 0. The van der Waals surface area contributed by atoms with E-state index in [2.05, 4.69) is 205 Å². The standard InChI is InChI=1S/C9H19N.C8H15NO.C8H17N.C7H16N2.C7H15NO2S.C7H15NO.C7H15NS.C7H15N.C6H13N.C5H11N/c1-9(2)10-7-5-3-4-6-8-10;1-7(2)9-5-3-8(10)4-6-9;1-8(2)9-6-4-3-5-7-9;1-7(2)9-5-3-8-4-6-9;1-7(2)8-3-5-11(9,10)6-4-8;2*1-7(2)8-3-5-9-6-4-8;1-7(2)8-5-3-4-6-8;1-6(2)7-4-3-5-7;1-5(2)6-3-4-6/h9H,3-8H2,1-2H3;7H,3-6H2,1-2H3;8H,3-7H2,1-2H3;7-8H,3-6H2,1-2H3;7H,3-6H2,1-2H3;2*7H,3-6H2,1-2H3;7H,3-6H2,1-2H3;6H,3-5H2,1-2H3;5H,3-4H2,1-2H3. The largest absolute Gasteiger partial charge is 0.379 e. The van der Waals surface area contributed by atoms with Crippen LogP contribution in [0.2, 0.25) is 0 Å². The van der Waals surface area contributed by atoms with Gasteiger partial charge in [0.1, 0.15) is 5.78 Å². The summed E-state index contributed by atoms with van der Waals surface area (Å²) in [4.78, 5) is 35.4. The van der Waals surface area contributed by atoms with Crippen LogP contribution in [0.1, 0.15) is 216 Å². The number of carbonyl (C=O) groups is 1. The molecule has 10 heterocycles. The number of nitrogens with zero attached hydrogens (tertiary/aromatic N) is 10. The molecule has 0 bridgehead atoms. The number of hydrogen-bond acceptors (Lipinski definition) is 16. The van der Waals surface area contributed by atoms with Crippen LogP contribution < -0.4 is 5.32 Å². The zero-order chi connectivity index (χ0) is 66.0. The van der Waals surface area contributed by atoms with Gasteiger partial charge in [0.25, 0.3) is 0 Å². The Morgan fingerprint density at radius 1 is 0.307 bits per heavy atom. The molecule has 10 saturated heterocycles. The molecule has 0 aromatic carbocycles. The summed E-state index contributed by atoms with van der Waals surface area (Å²) in [6, 6.07) is 7.14. The van der Waals surface area contributed by atoms with Gasteiger partial charge in [0.05, 0.1) is 24.7 Å². The Kier molecular flexibility index (Phi) is 49.4. The molecular weight excluding hydrogens is 1130 g/mol. The van der Waals surface area contributed by atoms with Gasteiger partial charge >= 0.3 is 0 Å². The fourth-order valence-corrected chi connectivity index (χ4v) is 13.8. The van der Waals surface area contributed by atoms with Crippen LogP contribution >= 0.6 is 11.8 Å². The number of nitrogens with one attached hydrogen (secondary N) is 1. The number of piperazine rings is 1. The second-order valence-corrected chi connectivity index (χ2v) is 32.5. The van der Waals surface area contributed by atoms with E-state index >= 15 is 0 Å². The van der Waals surface area contributed by atoms with Gasteiger partial charge in [0, 0.05) is 176 Å². The van der Waals surface area contributed by atoms with Gasteiger partial charge in [-0.25, -0.2) is 8.42 Å². The Morgan fingerprint density at radius 3 is 0.818 bits per heavy atom. The van der Waals surface area contributed by atoms with E-state index in [1.807, 2.05) is 0 Å². The molecule has 0 unspecified atom stereocenters. The molecule has 1 N–H and O–H groups in total. The molecule has 17 heteroatoms. The lowest BCUT2D eigenvalue weighted by Crippen LogP contribution is -2.46. The lowest BCUT2D eigenvalue weighted by Gasteiger charge is -2.34. The molecule has 15 nitrogen and oxygen atoms in total.